The molecule has 3 amide bonds. The van der Waals surface area contributed by atoms with Gasteiger partial charge in [0.15, 0.2) is 17.1 Å². The summed E-state index contributed by atoms with van der Waals surface area (Å²) in [7, 11) is 6.51. The van der Waals surface area contributed by atoms with Gasteiger partial charge in [0.1, 0.15) is 17.1 Å². The van der Waals surface area contributed by atoms with Crippen molar-refractivity contribution in [1.29, 1.82) is 0 Å². The van der Waals surface area contributed by atoms with Crippen LogP contribution in [0.2, 0.25) is 5.02 Å². The Labute approximate surface area is 257 Å². The minimum atomic E-state index is -2.75. The number of anilines is 3. The number of amides is 3. The fourth-order valence-corrected chi connectivity index (χ4v) is 6.83. The van der Waals surface area contributed by atoms with E-state index in [4.69, 9.17) is 17.3 Å². The molecule has 0 aliphatic heterocycles. The van der Waals surface area contributed by atoms with Crippen LogP contribution in [0.5, 0.6) is 5.75 Å². The predicted molar refractivity (Wildman–Crippen MR) is 163 cm³/mol. The van der Waals surface area contributed by atoms with E-state index in [-0.39, 0.29) is 29.7 Å². The third-order valence-electron chi connectivity index (χ3n) is 8.51. The number of hydrogen-bond donors (Lipinski definition) is 7. The Morgan fingerprint density at radius 2 is 1.75 bits per heavy atom. The Bertz CT molecular complexity index is 1700. The molecule has 1 fully saturated rings. The van der Waals surface area contributed by atoms with Gasteiger partial charge in [-0.25, -0.2) is 4.79 Å². The number of hydrogen-bond acceptors (Lipinski definition) is 10. The SMILES string of the molecule is CN(C)c1cc(NC(=O)Nc2cccc(Cl)c2)c(O)c2c1C[C@H]1C[C@H]3[C@H](N(C)C)C(=O)C(C(N)=O)=C(O)[C@@]3(O)C(=O)C1=C2O. The van der Waals surface area contributed by atoms with Gasteiger partial charge in [0.25, 0.3) is 5.91 Å². The minimum Gasteiger partial charge on any atom is -0.508 e. The van der Waals surface area contributed by atoms with E-state index in [0.717, 1.165) is 0 Å². The first-order valence-electron chi connectivity index (χ1n) is 13.6. The van der Waals surface area contributed by atoms with Crippen molar-refractivity contribution in [2.24, 2.45) is 17.6 Å². The van der Waals surface area contributed by atoms with Gasteiger partial charge in [-0.15, -0.1) is 0 Å². The normalized spacial score (nSPS) is 24.5. The van der Waals surface area contributed by atoms with Crippen LogP contribution in [-0.4, -0.2) is 88.7 Å². The number of benzene rings is 2. The average molecular weight is 626 g/mol. The summed E-state index contributed by atoms with van der Waals surface area (Å²) in [5.74, 6) is -7.56. The summed E-state index contributed by atoms with van der Waals surface area (Å²) in [6.07, 6.45) is 0.0615. The van der Waals surface area contributed by atoms with Crippen LogP contribution in [0.1, 0.15) is 17.5 Å². The van der Waals surface area contributed by atoms with Gasteiger partial charge in [-0.1, -0.05) is 17.7 Å². The number of fused-ring (bicyclic) bond motifs is 3. The molecular weight excluding hydrogens is 594 g/mol. The average Bonchev–Trinajstić information content (AvgIpc) is 2.91. The van der Waals surface area contributed by atoms with Crippen LogP contribution in [0.4, 0.5) is 21.9 Å². The molecule has 44 heavy (non-hydrogen) atoms. The fraction of sp³-hybridized carbons (Fsp3) is 0.333. The maximum absolute atomic E-state index is 14.1. The second-order valence-corrected chi connectivity index (χ2v) is 12.0. The Morgan fingerprint density at radius 1 is 1.07 bits per heavy atom. The molecule has 3 aliphatic rings. The summed E-state index contributed by atoms with van der Waals surface area (Å²) in [6, 6.07) is 6.02. The minimum absolute atomic E-state index is 0.0402. The predicted octanol–water partition coefficient (Wildman–Crippen LogP) is 2.33. The number of primary amides is 1. The molecule has 8 N–H and O–H groups in total. The summed E-state index contributed by atoms with van der Waals surface area (Å²) in [5.41, 5.74) is 2.55. The van der Waals surface area contributed by atoms with Crippen molar-refractivity contribution in [2.75, 3.05) is 43.7 Å². The number of Topliss-reactive ketones (excluding diaryl/α,β-unsaturated/α-hetero) is 2. The molecule has 3 aliphatic carbocycles. The smallest absolute Gasteiger partial charge is 0.323 e. The monoisotopic (exact) mass is 625 g/mol. The van der Waals surface area contributed by atoms with Crippen molar-refractivity contribution in [3.05, 3.63) is 63.4 Å². The highest BCUT2D eigenvalue weighted by atomic mass is 35.5. The molecular formula is C30H32ClN5O8. The van der Waals surface area contributed by atoms with E-state index < -0.39 is 69.8 Å². The second-order valence-electron chi connectivity index (χ2n) is 11.6. The number of phenols is 1. The van der Waals surface area contributed by atoms with Crippen molar-refractivity contribution in [1.82, 2.24) is 4.90 Å². The molecule has 0 spiro atoms. The first kappa shape index (κ1) is 30.9. The number of aliphatic hydroxyl groups excluding tert-OH is 2. The number of nitrogens with zero attached hydrogens (tertiary/aromatic N) is 2. The zero-order valence-corrected chi connectivity index (χ0v) is 25.1. The topological polar surface area (TPSA) is 206 Å². The van der Waals surface area contributed by atoms with Crippen LogP contribution in [0, 0.1) is 11.8 Å². The lowest BCUT2D eigenvalue weighted by Gasteiger charge is -2.50. The number of ketones is 2. The number of likely N-dealkylation sites (N-methyl/N-ethyl adjacent to an activating group) is 1. The standard InChI is InChI=1S/C30H32ClN5O8/c1-35(2)18-11-17(34-29(43)33-14-7-5-6-13(31)10-14)23(37)20-15(18)8-12-9-16-22(36(3)4)25(39)21(28(32)42)27(41)30(16,44)26(40)19(12)24(20)38/h5-7,10-12,16,22,37-38,41,44H,8-9H2,1-4H3,(H2,32,42)(H2,33,34,43)/t12-,16-,22-,30-/m0/s1. The molecule has 13 nitrogen and oxygen atoms in total. The molecule has 0 aromatic heterocycles. The number of nitrogens with two attached hydrogens (primary N) is 1. The Kier molecular flexibility index (Phi) is 7.60. The second kappa shape index (κ2) is 10.8. The molecule has 14 heteroatoms. The van der Waals surface area contributed by atoms with Gasteiger partial charge in [-0.05, 0) is 62.7 Å². The molecule has 0 radical (unpaired) electrons. The van der Waals surface area contributed by atoms with Gasteiger partial charge in [0.2, 0.25) is 5.78 Å². The van der Waals surface area contributed by atoms with Crippen LogP contribution in [0.15, 0.2) is 47.2 Å². The quantitative estimate of drug-likeness (QED) is 0.191. The largest absolute Gasteiger partial charge is 0.508 e. The summed E-state index contributed by atoms with van der Waals surface area (Å²) in [4.78, 5) is 55.5. The van der Waals surface area contributed by atoms with E-state index in [1.165, 1.54) is 31.1 Å². The zero-order valence-electron chi connectivity index (χ0n) is 24.3. The summed E-state index contributed by atoms with van der Waals surface area (Å²) < 4.78 is 0. The number of nitrogens with one attached hydrogen (secondary N) is 2. The van der Waals surface area contributed by atoms with Crippen molar-refractivity contribution in [3.8, 4) is 5.75 Å². The van der Waals surface area contributed by atoms with Crippen LogP contribution in [-0.2, 0) is 20.8 Å². The zero-order chi connectivity index (χ0) is 32.4. The molecule has 1 saturated carbocycles. The Hall–Kier alpha value is -4.59. The van der Waals surface area contributed by atoms with Gasteiger partial charge in [-0.2, -0.15) is 0 Å². The molecule has 2 aromatic rings. The molecule has 0 unspecified atom stereocenters. The Morgan fingerprint density at radius 3 is 2.34 bits per heavy atom. The third kappa shape index (κ3) is 4.64. The molecule has 5 rings (SSSR count). The number of aromatic hydroxyl groups is 1. The van der Waals surface area contributed by atoms with Crippen molar-refractivity contribution in [3.63, 3.8) is 0 Å². The number of urea groups is 1. The molecule has 4 atom stereocenters. The van der Waals surface area contributed by atoms with E-state index in [1.807, 2.05) is 0 Å². The molecule has 0 bridgehead atoms. The molecule has 0 saturated heterocycles. The fourth-order valence-electron chi connectivity index (χ4n) is 6.64. The first-order chi connectivity index (χ1) is 20.6. The van der Waals surface area contributed by atoms with Gasteiger partial charge in [0.05, 0.1) is 17.3 Å². The molecule has 0 heterocycles. The van der Waals surface area contributed by atoms with E-state index in [9.17, 15) is 39.6 Å². The van der Waals surface area contributed by atoms with Gasteiger partial charge < -0.3 is 41.7 Å². The third-order valence-corrected chi connectivity index (χ3v) is 8.74. The summed E-state index contributed by atoms with van der Waals surface area (Å²) in [5, 5.41) is 51.3. The summed E-state index contributed by atoms with van der Waals surface area (Å²) in [6.45, 7) is 0. The lowest BCUT2D eigenvalue weighted by Crippen LogP contribution is -2.65. The highest BCUT2D eigenvalue weighted by Crippen LogP contribution is 2.54. The van der Waals surface area contributed by atoms with Crippen LogP contribution >= 0.6 is 11.6 Å². The summed E-state index contributed by atoms with van der Waals surface area (Å²) >= 11 is 5.99. The van der Waals surface area contributed by atoms with Crippen LogP contribution < -0.4 is 21.3 Å². The number of aliphatic hydroxyl groups is 3. The van der Waals surface area contributed by atoms with E-state index in [0.29, 0.717) is 22.0 Å². The van der Waals surface area contributed by atoms with Gasteiger partial charge in [-0.3, -0.25) is 19.3 Å². The van der Waals surface area contributed by atoms with Crippen molar-refractivity contribution >= 4 is 57.9 Å². The number of carbonyl (C=O) groups is 4. The van der Waals surface area contributed by atoms with E-state index >= 15 is 0 Å². The first-order valence-corrected chi connectivity index (χ1v) is 14.0. The lowest BCUT2D eigenvalue weighted by molar-refractivity contribution is -0.153. The number of carbonyl (C=O) groups excluding carboxylic acids is 4. The highest BCUT2D eigenvalue weighted by Gasteiger charge is 2.64. The van der Waals surface area contributed by atoms with E-state index in [2.05, 4.69) is 10.6 Å². The number of phenolic OH excluding ortho intramolecular Hbond substituents is 1. The highest BCUT2D eigenvalue weighted by molar-refractivity contribution is 6.31. The van der Waals surface area contributed by atoms with Crippen molar-refractivity contribution < 1.29 is 39.6 Å². The molecule has 2 aromatic carbocycles. The Balaban J connectivity index is 1.64. The maximum atomic E-state index is 14.1. The maximum Gasteiger partial charge on any atom is 0.323 e. The van der Waals surface area contributed by atoms with Gasteiger partial charge >= 0.3 is 6.03 Å². The van der Waals surface area contributed by atoms with Crippen LogP contribution in [0.3, 0.4) is 0 Å². The van der Waals surface area contributed by atoms with Crippen LogP contribution in [0.25, 0.3) is 5.76 Å². The number of halogens is 1. The van der Waals surface area contributed by atoms with E-state index in [1.54, 1.807) is 37.2 Å². The lowest BCUT2D eigenvalue weighted by atomic mass is 9.57. The van der Waals surface area contributed by atoms with Crippen molar-refractivity contribution in [2.45, 2.75) is 24.5 Å². The number of rotatable bonds is 5. The molecule has 232 valence electrons. The van der Waals surface area contributed by atoms with Gasteiger partial charge in [0, 0.05) is 42.0 Å².